The predicted octanol–water partition coefficient (Wildman–Crippen LogP) is 13.7. The second kappa shape index (κ2) is 22.5. The number of halogens is 14. The van der Waals surface area contributed by atoms with E-state index >= 15 is 0 Å². The lowest BCUT2D eigenvalue weighted by molar-refractivity contribution is -0.356. The van der Waals surface area contributed by atoms with Crippen molar-refractivity contribution >= 4 is 17.9 Å². The van der Waals surface area contributed by atoms with E-state index in [-0.39, 0.29) is 116 Å². The molecule has 0 radical (unpaired) electrons. The number of esters is 3. The summed E-state index contributed by atoms with van der Waals surface area (Å²) in [5.74, 6) is -24.5. The van der Waals surface area contributed by atoms with E-state index in [9.17, 15) is 75.8 Å². The molecule has 0 saturated heterocycles. The summed E-state index contributed by atoms with van der Waals surface area (Å²) in [5.41, 5.74) is 0.286. The fourth-order valence-corrected chi connectivity index (χ4v) is 7.55. The van der Waals surface area contributed by atoms with Gasteiger partial charge in [-0.25, -0.2) is 9.59 Å². The molecule has 3 atom stereocenters. The average molecular weight is 1000 g/mol. The molecule has 3 unspecified atom stereocenters. The maximum atomic E-state index is 13.5. The van der Waals surface area contributed by atoms with E-state index in [4.69, 9.17) is 23.7 Å². The number of carbonyl (C=O) groups is 3. The molecule has 2 aliphatic rings. The number of allylic oxidation sites excluding steroid dienone is 2. The van der Waals surface area contributed by atoms with E-state index in [0.29, 0.717) is 6.42 Å². The molecule has 1 fully saturated rings. The van der Waals surface area contributed by atoms with Gasteiger partial charge in [0.25, 0.3) is 0 Å². The zero-order chi connectivity index (χ0) is 50.8. The number of hydrogen-bond donors (Lipinski definition) is 0. The first-order valence-electron chi connectivity index (χ1n) is 21.7. The van der Waals surface area contributed by atoms with Gasteiger partial charge in [0, 0.05) is 18.4 Å². The second-order valence-electron chi connectivity index (χ2n) is 16.7. The van der Waals surface area contributed by atoms with Crippen molar-refractivity contribution in [1.82, 2.24) is 0 Å². The summed E-state index contributed by atoms with van der Waals surface area (Å²) in [6, 6.07) is 15.2. The molecule has 0 aliphatic heterocycles. The molecule has 0 aromatic heterocycles. The molecule has 22 heteroatoms. The molecule has 0 heterocycles. The second-order valence-corrected chi connectivity index (χ2v) is 16.7. The summed E-state index contributed by atoms with van der Waals surface area (Å²) in [5, 5.41) is 0. The van der Waals surface area contributed by atoms with E-state index in [0.717, 1.165) is 6.42 Å². The summed E-state index contributed by atoms with van der Waals surface area (Å²) < 4.78 is 208. The minimum absolute atomic E-state index is 0.0173. The number of hydrogen-bond acceptors (Lipinski definition) is 8. The van der Waals surface area contributed by atoms with E-state index in [2.05, 4.69) is 6.08 Å². The van der Waals surface area contributed by atoms with Crippen LogP contribution in [0.4, 0.5) is 61.5 Å². The molecule has 380 valence electrons. The van der Waals surface area contributed by atoms with Crippen LogP contribution in [0, 0.1) is 17.8 Å². The van der Waals surface area contributed by atoms with Crippen LogP contribution >= 0.6 is 0 Å². The number of unbranched alkanes of at least 4 members (excludes halogenated alkanes) is 6. The zero-order valence-corrected chi connectivity index (χ0v) is 36.4. The smallest absolute Gasteiger partial charge is 0.459 e. The van der Waals surface area contributed by atoms with Crippen molar-refractivity contribution in [3.05, 3.63) is 95.6 Å². The highest BCUT2D eigenvalue weighted by Crippen LogP contribution is 2.50. The molecular weight excluding hydrogens is 958 g/mol. The molecule has 3 aromatic rings. The summed E-state index contributed by atoms with van der Waals surface area (Å²) in [6.45, 7) is -0.290. The van der Waals surface area contributed by atoms with Gasteiger partial charge >= 0.3 is 54.0 Å². The number of carbonyl (C=O) groups excluding carboxylic acids is 3. The predicted molar refractivity (Wildman–Crippen MR) is 217 cm³/mol. The normalized spacial score (nSPS) is 17.4. The third-order valence-electron chi connectivity index (χ3n) is 11.5. The SMILES string of the molecule is O=C(Oc1ccc(OC(=O)c2ccc(OCCCCCCC(F)(F)C(F)(F)C(F)(F)F)cc2)c(COC(=O)C2CC3C=CC2C3)c1)c1ccc(OCCCCCCC(F)(F)C(F)(F)C(F)(F)F)cc1. The first-order valence-corrected chi connectivity index (χ1v) is 21.7. The fraction of sp³-hybridized carbons (Fsp3) is 0.511. The molecule has 1 saturated carbocycles. The van der Waals surface area contributed by atoms with Crippen LogP contribution in [0.1, 0.15) is 103 Å². The quantitative estimate of drug-likeness (QED) is 0.0272. The van der Waals surface area contributed by atoms with Gasteiger partial charge in [0.05, 0.1) is 30.3 Å². The summed E-state index contributed by atoms with van der Waals surface area (Å²) in [4.78, 5) is 39.4. The Labute approximate surface area is 386 Å². The Kier molecular flexibility index (Phi) is 17.7. The van der Waals surface area contributed by atoms with Crippen LogP contribution in [0.2, 0.25) is 0 Å². The molecule has 69 heavy (non-hydrogen) atoms. The monoisotopic (exact) mass is 1000 g/mol. The molecule has 8 nitrogen and oxygen atoms in total. The maximum absolute atomic E-state index is 13.5. The van der Waals surface area contributed by atoms with Crippen LogP contribution in [-0.2, 0) is 16.1 Å². The maximum Gasteiger partial charge on any atom is 0.459 e. The third-order valence-corrected chi connectivity index (χ3v) is 11.5. The van der Waals surface area contributed by atoms with Crippen molar-refractivity contribution < 1.29 is 99.5 Å². The molecule has 2 aliphatic carbocycles. The highest BCUT2D eigenvalue weighted by molar-refractivity contribution is 5.92. The highest BCUT2D eigenvalue weighted by Gasteiger charge is 2.73. The minimum Gasteiger partial charge on any atom is -0.494 e. The van der Waals surface area contributed by atoms with Gasteiger partial charge in [-0.3, -0.25) is 4.79 Å². The Morgan fingerprint density at radius 2 is 0.957 bits per heavy atom. The van der Waals surface area contributed by atoms with Gasteiger partial charge in [-0.15, -0.1) is 0 Å². The molecule has 5 rings (SSSR count). The van der Waals surface area contributed by atoms with Gasteiger partial charge in [-0.1, -0.05) is 37.8 Å². The van der Waals surface area contributed by atoms with Crippen molar-refractivity contribution in [1.29, 1.82) is 0 Å². The number of alkyl halides is 14. The van der Waals surface area contributed by atoms with Crippen molar-refractivity contribution in [3.8, 4) is 23.0 Å². The topological polar surface area (TPSA) is 97.4 Å². The van der Waals surface area contributed by atoms with E-state index in [1.165, 1.54) is 66.7 Å². The zero-order valence-electron chi connectivity index (χ0n) is 36.4. The van der Waals surface area contributed by atoms with Gasteiger partial charge in [0.1, 0.15) is 29.6 Å². The van der Waals surface area contributed by atoms with Crippen molar-refractivity contribution in [2.75, 3.05) is 13.2 Å². The lowest BCUT2D eigenvalue weighted by atomic mass is 9.94. The molecule has 0 amide bonds. The van der Waals surface area contributed by atoms with Crippen LogP contribution < -0.4 is 18.9 Å². The summed E-state index contributed by atoms with van der Waals surface area (Å²) in [6.07, 6.45) is -10.9. The van der Waals surface area contributed by atoms with Crippen molar-refractivity contribution in [3.63, 3.8) is 0 Å². The first-order chi connectivity index (χ1) is 32.2. The number of ether oxygens (including phenoxy) is 5. The fourth-order valence-electron chi connectivity index (χ4n) is 7.55. The van der Waals surface area contributed by atoms with Crippen molar-refractivity contribution in [2.24, 2.45) is 17.8 Å². The standard InChI is InChI=1S/C47H46F14O8/c48-42(49,44(52,53)46(56,57)58)21-5-1-3-7-23-65-34-15-11-30(12-16-34)39(62)68-36-19-20-38(33(27-36)28-67-41(64)37-26-29-9-10-32(37)25-29)69-40(63)31-13-17-35(18-14-31)66-24-8-4-2-6-22-43(50,51)45(54,55)47(59,60)61/h9-20,27,29,32,37H,1-8,21-26,28H2. The average Bonchev–Trinajstić information content (AvgIpc) is 3.92. The molecule has 2 bridgehead atoms. The largest absolute Gasteiger partial charge is 0.494 e. The lowest BCUT2D eigenvalue weighted by Gasteiger charge is -2.28. The van der Waals surface area contributed by atoms with Gasteiger partial charge in [-0.05, 0) is 117 Å². The van der Waals surface area contributed by atoms with Crippen LogP contribution in [0.5, 0.6) is 23.0 Å². The van der Waals surface area contributed by atoms with Gasteiger partial charge in [0.15, 0.2) is 0 Å². The Bertz CT molecular complexity index is 2220. The van der Waals surface area contributed by atoms with Crippen molar-refractivity contribution in [2.45, 2.75) is 120 Å². The first kappa shape index (κ1) is 54.4. The minimum atomic E-state index is -6.38. The Morgan fingerprint density at radius 3 is 1.39 bits per heavy atom. The van der Waals surface area contributed by atoms with E-state index in [1.807, 2.05) is 6.08 Å². The van der Waals surface area contributed by atoms with Crippen LogP contribution in [0.15, 0.2) is 78.9 Å². The summed E-state index contributed by atoms with van der Waals surface area (Å²) >= 11 is 0. The van der Waals surface area contributed by atoms with Gasteiger partial charge < -0.3 is 23.7 Å². The summed E-state index contributed by atoms with van der Waals surface area (Å²) in [7, 11) is 0. The highest BCUT2D eigenvalue weighted by atomic mass is 19.4. The van der Waals surface area contributed by atoms with Gasteiger partial charge in [0.2, 0.25) is 0 Å². The molecule has 0 N–H and O–H groups in total. The number of fused-ring (bicyclic) bond motifs is 2. The molecule has 0 spiro atoms. The number of benzene rings is 3. The Balaban J connectivity index is 1.11. The van der Waals surface area contributed by atoms with Gasteiger partial charge in [-0.2, -0.15) is 61.5 Å². The van der Waals surface area contributed by atoms with E-state index in [1.54, 1.807) is 0 Å². The Morgan fingerprint density at radius 1 is 0.507 bits per heavy atom. The van der Waals surface area contributed by atoms with Crippen LogP contribution in [0.25, 0.3) is 0 Å². The molecule has 3 aromatic carbocycles. The number of rotatable bonds is 25. The van der Waals surface area contributed by atoms with Crippen LogP contribution in [-0.4, -0.2) is 67.2 Å². The molecular formula is C47H46F14O8. The van der Waals surface area contributed by atoms with E-state index < -0.39 is 79.6 Å². The Hall–Kier alpha value is -5.57. The third kappa shape index (κ3) is 14.0. The van der Waals surface area contributed by atoms with Crippen LogP contribution in [0.3, 0.4) is 0 Å². The lowest BCUT2D eigenvalue weighted by Crippen LogP contribution is -2.51.